The van der Waals surface area contributed by atoms with Gasteiger partial charge in [-0.1, -0.05) is 32.0 Å². The SMILES string of the molecule is CCc1nc(CC)n(CC(NC)c2ccccc2F)n1. The van der Waals surface area contributed by atoms with Gasteiger partial charge in [-0.05, 0) is 13.1 Å². The van der Waals surface area contributed by atoms with Crippen molar-refractivity contribution in [1.29, 1.82) is 0 Å². The van der Waals surface area contributed by atoms with Gasteiger partial charge in [0.25, 0.3) is 0 Å². The number of aromatic nitrogens is 3. The molecule has 4 nitrogen and oxygen atoms in total. The Hall–Kier alpha value is -1.75. The lowest BCUT2D eigenvalue weighted by Gasteiger charge is -2.18. The van der Waals surface area contributed by atoms with E-state index in [2.05, 4.69) is 22.3 Å². The van der Waals surface area contributed by atoms with Gasteiger partial charge in [-0.3, -0.25) is 0 Å². The fraction of sp³-hybridized carbons (Fsp3) is 0.467. The zero-order valence-electron chi connectivity index (χ0n) is 12.2. The van der Waals surface area contributed by atoms with E-state index in [4.69, 9.17) is 0 Å². The smallest absolute Gasteiger partial charge is 0.150 e. The highest BCUT2D eigenvalue weighted by molar-refractivity contribution is 5.21. The molecule has 1 aromatic carbocycles. The van der Waals surface area contributed by atoms with E-state index in [9.17, 15) is 4.39 Å². The third kappa shape index (κ3) is 3.04. The first-order chi connectivity index (χ1) is 9.69. The van der Waals surface area contributed by atoms with Gasteiger partial charge in [0.2, 0.25) is 0 Å². The quantitative estimate of drug-likeness (QED) is 0.881. The molecule has 0 amide bonds. The number of benzene rings is 1. The van der Waals surface area contributed by atoms with Gasteiger partial charge in [0.1, 0.15) is 11.6 Å². The van der Waals surface area contributed by atoms with E-state index < -0.39 is 0 Å². The minimum absolute atomic E-state index is 0.118. The molecule has 1 heterocycles. The Balaban J connectivity index is 2.26. The summed E-state index contributed by atoms with van der Waals surface area (Å²) in [6.45, 7) is 4.66. The van der Waals surface area contributed by atoms with Crippen LogP contribution >= 0.6 is 0 Å². The van der Waals surface area contributed by atoms with E-state index in [0.29, 0.717) is 12.1 Å². The van der Waals surface area contributed by atoms with Crippen molar-refractivity contribution in [2.24, 2.45) is 0 Å². The Morgan fingerprint density at radius 1 is 1.25 bits per heavy atom. The van der Waals surface area contributed by atoms with Crippen molar-refractivity contribution in [2.45, 2.75) is 39.3 Å². The summed E-state index contributed by atoms with van der Waals surface area (Å²) >= 11 is 0. The highest BCUT2D eigenvalue weighted by Gasteiger charge is 2.17. The second-order valence-corrected chi connectivity index (χ2v) is 4.70. The molecule has 5 heteroatoms. The van der Waals surface area contributed by atoms with Crippen LogP contribution in [-0.4, -0.2) is 21.8 Å². The van der Waals surface area contributed by atoms with Crippen LogP contribution in [-0.2, 0) is 19.4 Å². The van der Waals surface area contributed by atoms with Crippen LogP contribution < -0.4 is 5.32 Å². The van der Waals surface area contributed by atoms with Crippen LogP contribution in [0.1, 0.15) is 37.1 Å². The topological polar surface area (TPSA) is 42.7 Å². The van der Waals surface area contributed by atoms with Crippen molar-refractivity contribution in [3.05, 3.63) is 47.3 Å². The highest BCUT2D eigenvalue weighted by atomic mass is 19.1. The molecule has 0 spiro atoms. The average Bonchev–Trinajstić information content (AvgIpc) is 2.88. The van der Waals surface area contributed by atoms with E-state index >= 15 is 0 Å². The van der Waals surface area contributed by atoms with Crippen LogP contribution in [0.2, 0.25) is 0 Å². The Morgan fingerprint density at radius 2 is 2.00 bits per heavy atom. The predicted octanol–water partition coefficient (Wildman–Crippen LogP) is 2.50. The number of halogens is 1. The molecule has 1 aromatic heterocycles. The molecule has 108 valence electrons. The molecule has 1 unspecified atom stereocenters. The fourth-order valence-electron chi connectivity index (χ4n) is 2.26. The molecule has 2 rings (SSSR count). The summed E-state index contributed by atoms with van der Waals surface area (Å²) in [7, 11) is 1.83. The van der Waals surface area contributed by atoms with Gasteiger partial charge in [0, 0.05) is 18.4 Å². The van der Waals surface area contributed by atoms with Gasteiger partial charge in [-0.25, -0.2) is 14.1 Å². The van der Waals surface area contributed by atoms with Crippen LogP contribution in [0.3, 0.4) is 0 Å². The van der Waals surface area contributed by atoms with Crippen LogP contribution in [0.25, 0.3) is 0 Å². The Morgan fingerprint density at radius 3 is 2.60 bits per heavy atom. The van der Waals surface area contributed by atoms with E-state index in [1.807, 2.05) is 24.7 Å². The van der Waals surface area contributed by atoms with Crippen LogP contribution in [0.15, 0.2) is 24.3 Å². The maximum Gasteiger partial charge on any atom is 0.150 e. The molecule has 20 heavy (non-hydrogen) atoms. The molecule has 0 saturated carbocycles. The lowest BCUT2D eigenvalue weighted by Crippen LogP contribution is -2.24. The first-order valence-electron chi connectivity index (χ1n) is 7.03. The van der Waals surface area contributed by atoms with Gasteiger partial charge < -0.3 is 5.32 Å². The standard InChI is InChI=1S/C15H21FN4/c1-4-14-18-15(5-2)20(19-14)10-13(17-3)11-8-6-7-9-12(11)16/h6-9,13,17H,4-5,10H2,1-3H3. The lowest BCUT2D eigenvalue weighted by molar-refractivity contribution is 0.438. The molecule has 0 aliphatic rings. The summed E-state index contributed by atoms with van der Waals surface area (Å²) in [6, 6.07) is 6.72. The van der Waals surface area contributed by atoms with Gasteiger partial charge >= 0.3 is 0 Å². The van der Waals surface area contributed by atoms with Crippen molar-refractivity contribution < 1.29 is 4.39 Å². The van der Waals surface area contributed by atoms with E-state index in [1.54, 1.807) is 12.1 Å². The second kappa shape index (κ2) is 6.61. The highest BCUT2D eigenvalue weighted by Crippen LogP contribution is 2.18. The molecule has 0 fully saturated rings. The van der Waals surface area contributed by atoms with E-state index in [-0.39, 0.29) is 11.9 Å². The van der Waals surface area contributed by atoms with E-state index in [0.717, 1.165) is 24.5 Å². The fourth-order valence-corrected chi connectivity index (χ4v) is 2.26. The second-order valence-electron chi connectivity index (χ2n) is 4.70. The molecule has 1 N–H and O–H groups in total. The first kappa shape index (κ1) is 14.7. The summed E-state index contributed by atoms with van der Waals surface area (Å²) in [4.78, 5) is 4.48. The number of nitrogens with one attached hydrogen (secondary N) is 1. The number of aryl methyl sites for hydroxylation is 2. The predicted molar refractivity (Wildman–Crippen MR) is 77.0 cm³/mol. The Kier molecular flexibility index (Phi) is 4.84. The maximum atomic E-state index is 13.9. The van der Waals surface area contributed by atoms with Crippen LogP contribution in [0, 0.1) is 5.82 Å². The van der Waals surface area contributed by atoms with Gasteiger partial charge in [0.15, 0.2) is 5.82 Å². The molecule has 0 bridgehead atoms. The Labute approximate surface area is 119 Å². The minimum atomic E-state index is -0.194. The zero-order valence-corrected chi connectivity index (χ0v) is 12.2. The number of hydrogen-bond acceptors (Lipinski definition) is 3. The third-order valence-corrected chi connectivity index (χ3v) is 3.41. The number of nitrogens with zero attached hydrogens (tertiary/aromatic N) is 3. The average molecular weight is 276 g/mol. The number of hydrogen-bond donors (Lipinski definition) is 1. The third-order valence-electron chi connectivity index (χ3n) is 3.41. The monoisotopic (exact) mass is 276 g/mol. The molecule has 0 saturated heterocycles. The molecule has 2 aromatic rings. The van der Waals surface area contributed by atoms with Crippen molar-refractivity contribution in [2.75, 3.05) is 7.05 Å². The minimum Gasteiger partial charge on any atom is -0.311 e. The van der Waals surface area contributed by atoms with Crippen LogP contribution in [0.5, 0.6) is 0 Å². The summed E-state index contributed by atoms with van der Waals surface area (Å²) in [5, 5.41) is 7.64. The van der Waals surface area contributed by atoms with E-state index in [1.165, 1.54) is 6.07 Å². The lowest BCUT2D eigenvalue weighted by atomic mass is 10.1. The van der Waals surface area contributed by atoms with Gasteiger partial charge in [0.05, 0.1) is 12.6 Å². The van der Waals surface area contributed by atoms with Crippen LogP contribution in [0.4, 0.5) is 4.39 Å². The normalized spacial score (nSPS) is 12.6. The molecular formula is C15H21FN4. The molecule has 0 radical (unpaired) electrons. The summed E-state index contributed by atoms with van der Waals surface area (Å²) in [5.41, 5.74) is 0.658. The summed E-state index contributed by atoms with van der Waals surface area (Å²) in [6.07, 6.45) is 1.63. The number of rotatable bonds is 6. The zero-order chi connectivity index (χ0) is 14.5. The molecule has 0 aliphatic heterocycles. The number of likely N-dealkylation sites (N-methyl/N-ethyl adjacent to an activating group) is 1. The molecule has 1 atom stereocenters. The molecule has 0 aliphatic carbocycles. The van der Waals surface area contributed by atoms with Crippen molar-refractivity contribution >= 4 is 0 Å². The maximum absolute atomic E-state index is 13.9. The first-order valence-corrected chi connectivity index (χ1v) is 7.03. The van der Waals surface area contributed by atoms with Gasteiger partial charge in [-0.15, -0.1) is 0 Å². The summed E-state index contributed by atoms with van der Waals surface area (Å²) in [5.74, 6) is 1.59. The van der Waals surface area contributed by atoms with Crippen molar-refractivity contribution in [1.82, 2.24) is 20.1 Å². The van der Waals surface area contributed by atoms with Gasteiger partial charge in [-0.2, -0.15) is 5.10 Å². The van der Waals surface area contributed by atoms with Crippen molar-refractivity contribution in [3.8, 4) is 0 Å². The molecular weight excluding hydrogens is 255 g/mol. The Bertz CT molecular complexity index is 565. The largest absolute Gasteiger partial charge is 0.311 e. The van der Waals surface area contributed by atoms with Crippen molar-refractivity contribution in [3.63, 3.8) is 0 Å². The summed E-state index contributed by atoms with van der Waals surface area (Å²) < 4.78 is 15.8.